The third-order valence-corrected chi connectivity index (χ3v) is 2.36. The second-order valence-corrected chi connectivity index (χ2v) is 2.89. The summed E-state index contributed by atoms with van der Waals surface area (Å²) in [5.41, 5.74) is 0. The second-order valence-electron chi connectivity index (χ2n) is 2.89. The first-order valence-corrected chi connectivity index (χ1v) is 3.95. The molecule has 1 saturated carbocycles. The van der Waals surface area contributed by atoms with Gasteiger partial charge in [0.05, 0.1) is 6.04 Å². The van der Waals surface area contributed by atoms with Crippen LogP contribution in [0, 0.1) is 5.92 Å². The van der Waals surface area contributed by atoms with E-state index < -0.39 is 0 Å². The Hall–Kier alpha value is -0.620. The van der Waals surface area contributed by atoms with Crippen molar-refractivity contribution in [3.8, 4) is 0 Å². The Morgan fingerprint density at radius 2 is 2.40 bits per heavy atom. The van der Waals surface area contributed by atoms with Gasteiger partial charge in [0.2, 0.25) is 6.08 Å². The number of hydrogen-bond acceptors (Lipinski definition) is 2. The molecule has 2 nitrogen and oxygen atoms in total. The van der Waals surface area contributed by atoms with Crippen LogP contribution in [0.1, 0.15) is 32.6 Å². The molecule has 0 bridgehead atoms. The Labute approximate surface area is 61.3 Å². The van der Waals surface area contributed by atoms with E-state index in [0.29, 0.717) is 12.0 Å². The van der Waals surface area contributed by atoms with Gasteiger partial charge in [-0.05, 0) is 18.8 Å². The molecule has 0 aromatic carbocycles. The Morgan fingerprint density at radius 3 is 3.00 bits per heavy atom. The molecule has 1 fully saturated rings. The summed E-state index contributed by atoms with van der Waals surface area (Å²) in [5.74, 6) is 0.654. The number of nitrogens with zero attached hydrogens (tertiary/aromatic N) is 1. The first kappa shape index (κ1) is 7.49. The lowest BCUT2D eigenvalue weighted by Gasteiger charge is -2.09. The smallest absolute Gasteiger partial charge is 0.211 e. The molecule has 1 aliphatic carbocycles. The van der Waals surface area contributed by atoms with Crippen molar-refractivity contribution in [1.29, 1.82) is 0 Å². The number of aliphatic imine (C=N–C) groups is 1. The summed E-state index contributed by atoms with van der Waals surface area (Å²) in [4.78, 5) is 13.7. The number of carbonyl (C=O) groups excluding carboxylic acids is 1. The maximum absolute atomic E-state index is 9.93. The fourth-order valence-corrected chi connectivity index (χ4v) is 1.73. The molecule has 0 amide bonds. The molecule has 0 radical (unpaired) electrons. The topological polar surface area (TPSA) is 29.4 Å². The van der Waals surface area contributed by atoms with Gasteiger partial charge in [-0.15, -0.1) is 0 Å². The van der Waals surface area contributed by atoms with Crippen LogP contribution < -0.4 is 0 Å². The first-order chi connectivity index (χ1) is 4.88. The highest BCUT2D eigenvalue weighted by atomic mass is 16.1. The van der Waals surface area contributed by atoms with E-state index in [1.54, 1.807) is 6.08 Å². The number of isocyanates is 1. The van der Waals surface area contributed by atoms with Gasteiger partial charge in [0, 0.05) is 0 Å². The fraction of sp³-hybridized carbons (Fsp3) is 0.875. The van der Waals surface area contributed by atoms with Gasteiger partial charge in [0.25, 0.3) is 0 Å². The molecule has 0 aromatic heterocycles. The van der Waals surface area contributed by atoms with E-state index in [1.165, 1.54) is 12.8 Å². The Kier molecular flexibility index (Phi) is 2.64. The lowest BCUT2D eigenvalue weighted by atomic mass is 10.0. The average molecular weight is 139 g/mol. The van der Waals surface area contributed by atoms with Crippen molar-refractivity contribution in [3.05, 3.63) is 0 Å². The zero-order valence-corrected chi connectivity index (χ0v) is 6.34. The van der Waals surface area contributed by atoms with Crippen LogP contribution in [-0.2, 0) is 4.79 Å². The summed E-state index contributed by atoms with van der Waals surface area (Å²) in [6.45, 7) is 2.16. The zero-order valence-electron chi connectivity index (χ0n) is 6.34. The lowest BCUT2D eigenvalue weighted by Crippen LogP contribution is -2.09. The van der Waals surface area contributed by atoms with Gasteiger partial charge in [0.15, 0.2) is 0 Å². The van der Waals surface area contributed by atoms with Crippen LogP contribution >= 0.6 is 0 Å². The van der Waals surface area contributed by atoms with Gasteiger partial charge in [-0.2, -0.15) is 0 Å². The second kappa shape index (κ2) is 3.52. The van der Waals surface area contributed by atoms with Crippen molar-refractivity contribution in [1.82, 2.24) is 0 Å². The van der Waals surface area contributed by atoms with Gasteiger partial charge in [-0.3, -0.25) is 0 Å². The Balaban J connectivity index is 2.49. The molecule has 0 aliphatic heterocycles. The van der Waals surface area contributed by atoms with Crippen LogP contribution in [0.5, 0.6) is 0 Å². The lowest BCUT2D eigenvalue weighted by molar-refractivity contribution is 0.463. The quantitative estimate of drug-likeness (QED) is 0.424. The van der Waals surface area contributed by atoms with Crippen molar-refractivity contribution < 1.29 is 4.79 Å². The molecule has 1 rings (SSSR count). The standard InChI is InChI=1S/C8H13NO/c1-2-7-4-3-5-8(7)9-6-10/h7-8H,2-5H2,1H3/t7-,8?/m1/s1. The monoisotopic (exact) mass is 139 g/mol. The predicted molar refractivity (Wildman–Crippen MR) is 39.5 cm³/mol. The van der Waals surface area contributed by atoms with Gasteiger partial charge in [-0.1, -0.05) is 19.8 Å². The van der Waals surface area contributed by atoms with Gasteiger partial charge in [-0.25, -0.2) is 9.79 Å². The maximum atomic E-state index is 9.93. The minimum absolute atomic E-state index is 0.294. The number of rotatable bonds is 2. The van der Waals surface area contributed by atoms with Crippen LogP contribution in [-0.4, -0.2) is 12.1 Å². The first-order valence-electron chi connectivity index (χ1n) is 3.95. The summed E-state index contributed by atoms with van der Waals surface area (Å²) >= 11 is 0. The van der Waals surface area contributed by atoms with Gasteiger partial charge in [0.1, 0.15) is 0 Å². The summed E-state index contributed by atoms with van der Waals surface area (Å²) in [7, 11) is 0. The third kappa shape index (κ3) is 1.45. The highest BCUT2D eigenvalue weighted by Gasteiger charge is 2.24. The van der Waals surface area contributed by atoms with Crippen LogP contribution in [0.25, 0.3) is 0 Å². The summed E-state index contributed by atoms with van der Waals surface area (Å²) < 4.78 is 0. The van der Waals surface area contributed by atoms with E-state index in [-0.39, 0.29) is 0 Å². The normalized spacial score (nSPS) is 31.7. The highest BCUT2D eigenvalue weighted by molar-refractivity contribution is 5.33. The molecule has 1 aliphatic rings. The van der Waals surface area contributed by atoms with Crippen LogP contribution in [0.3, 0.4) is 0 Å². The SMILES string of the molecule is CC[C@@H]1CCCC1N=C=O. The Bertz CT molecular complexity index is 149. The van der Waals surface area contributed by atoms with Crippen molar-refractivity contribution in [2.45, 2.75) is 38.6 Å². The van der Waals surface area contributed by atoms with E-state index in [1.807, 2.05) is 0 Å². The van der Waals surface area contributed by atoms with Crippen molar-refractivity contribution in [3.63, 3.8) is 0 Å². The van der Waals surface area contributed by atoms with Gasteiger partial charge < -0.3 is 0 Å². The summed E-state index contributed by atoms with van der Waals surface area (Å²) in [5, 5.41) is 0. The minimum Gasteiger partial charge on any atom is -0.211 e. The van der Waals surface area contributed by atoms with E-state index in [9.17, 15) is 4.79 Å². The van der Waals surface area contributed by atoms with Crippen LogP contribution in [0.2, 0.25) is 0 Å². The predicted octanol–water partition coefficient (Wildman–Crippen LogP) is 1.90. The molecule has 0 heterocycles. The molecule has 0 aromatic rings. The third-order valence-electron chi connectivity index (χ3n) is 2.36. The number of hydrogen-bond donors (Lipinski definition) is 0. The molecule has 2 heteroatoms. The fourth-order valence-electron chi connectivity index (χ4n) is 1.73. The molecular formula is C8H13NO. The molecule has 0 spiro atoms. The van der Waals surface area contributed by atoms with Gasteiger partial charge >= 0.3 is 0 Å². The van der Waals surface area contributed by atoms with Crippen molar-refractivity contribution in [2.75, 3.05) is 0 Å². The average Bonchev–Trinajstić information content (AvgIpc) is 2.36. The maximum Gasteiger partial charge on any atom is 0.235 e. The van der Waals surface area contributed by atoms with E-state index in [2.05, 4.69) is 11.9 Å². The molecule has 10 heavy (non-hydrogen) atoms. The van der Waals surface area contributed by atoms with Crippen molar-refractivity contribution >= 4 is 6.08 Å². The largest absolute Gasteiger partial charge is 0.235 e. The highest BCUT2D eigenvalue weighted by Crippen LogP contribution is 2.29. The Morgan fingerprint density at radius 1 is 1.60 bits per heavy atom. The molecular weight excluding hydrogens is 126 g/mol. The van der Waals surface area contributed by atoms with E-state index >= 15 is 0 Å². The van der Waals surface area contributed by atoms with E-state index in [4.69, 9.17) is 0 Å². The van der Waals surface area contributed by atoms with Crippen LogP contribution in [0.15, 0.2) is 4.99 Å². The molecule has 1 unspecified atom stereocenters. The summed E-state index contributed by atoms with van der Waals surface area (Å²) in [6, 6.07) is 0.294. The zero-order chi connectivity index (χ0) is 7.40. The van der Waals surface area contributed by atoms with E-state index in [0.717, 1.165) is 12.8 Å². The van der Waals surface area contributed by atoms with Crippen LogP contribution in [0.4, 0.5) is 0 Å². The molecule has 0 saturated heterocycles. The summed E-state index contributed by atoms with van der Waals surface area (Å²) in [6.07, 6.45) is 6.36. The molecule has 56 valence electrons. The minimum atomic E-state index is 0.294. The molecule has 0 N–H and O–H groups in total. The molecule has 2 atom stereocenters. The van der Waals surface area contributed by atoms with Crippen molar-refractivity contribution in [2.24, 2.45) is 10.9 Å².